The number of allylic oxidation sites excluding steroid dienone is 1. The van der Waals surface area contributed by atoms with Gasteiger partial charge in [-0.05, 0) is 18.2 Å². The third-order valence-corrected chi connectivity index (χ3v) is 3.17. The lowest BCUT2D eigenvalue weighted by atomic mass is 10.1. The SMILES string of the molecule is COC(=O)c1ccccc1N/C=C\C(=O)c1ccccc1[N+](=O)[O-]. The first kappa shape index (κ1) is 16.9. The molecule has 7 nitrogen and oxygen atoms in total. The molecule has 0 atom stereocenters. The molecule has 0 radical (unpaired) electrons. The van der Waals surface area contributed by atoms with Crippen molar-refractivity contribution < 1.29 is 19.2 Å². The number of esters is 1. The van der Waals surface area contributed by atoms with Gasteiger partial charge >= 0.3 is 5.97 Å². The molecule has 0 saturated carbocycles. The van der Waals surface area contributed by atoms with Crippen LogP contribution in [0.5, 0.6) is 0 Å². The van der Waals surface area contributed by atoms with Gasteiger partial charge in [-0.2, -0.15) is 0 Å². The molecule has 0 saturated heterocycles. The van der Waals surface area contributed by atoms with Crippen LogP contribution in [0.3, 0.4) is 0 Å². The molecule has 0 heterocycles. The highest BCUT2D eigenvalue weighted by molar-refractivity contribution is 6.07. The van der Waals surface area contributed by atoms with Crippen LogP contribution in [0.25, 0.3) is 0 Å². The van der Waals surface area contributed by atoms with Crippen molar-refractivity contribution in [2.45, 2.75) is 0 Å². The van der Waals surface area contributed by atoms with E-state index >= 15 is 0 Å². The third kappa shape index (κ3) is 3.83. The number of anilines is 1. The number of nitro groups is 1. The number of benzene rings is 2. The number of ketones is 1. The maximum Gasteiger partial charge on any atom is 0.339 e. The van der Waals surface area contributed by atoms with Gasteiger partial charge in [0.15, 0.2) is 5.78 Å². The maximum atomic E-state index is 12.1. The van der Waals surface area contributed by atoms with E-state index in [9.17, 15) is 19.7 Å². The summed E-state index contributed by atoms with van der Waals surface area (Å²) in [6.45, 7) is 0. The molecule has 7 heteroatoms. The number of nitro benzene ring substituents is 1. The first-order valence-electron chi connectivity index (χ1n) is 6.92. The largest absolute Gasteiger partial charge is 0.465 e. The number of methoxy groups -OCH3 is 1. The van der Waals surface area contributed by atoms with Crippen LogP contribution in [0.2, 0.25) is 0 Å². The maximum absolute atomic E-state index is 12.1. The molecule has 122 valence electrons. The van der Waals surface area contributed by atoms with Crippen LogP contribution in [0.4, 0.5) is 11.4 Å². The molecule has 0 bridgehead atoms. The van der Waals surface area contributed by atoms with E-state index in [0.29, 0.717) is 11.3 Å². The molecule has 0 aliphatic heterocycles. The Balaban J connectivity index is 2.17. The third-order valence-electron chi connectivity index (χ3n) is 3.17. The van der Waals surface area contributed by atoms with Crippen LogP contribution >= 0.6 is 0 Å². The number of hydrogen-bond acceptors (Lipinski definition) is 6. The van der Waals surface area contributed by atoms with Gasteiger partial charge in [0.2, 0.25) is 0 Å². The van der Waals surface area contributed by atoms with Crippen molar-refractivity contribution >= 4 is 23.1 Å². The van der Waals surface area contributed by atoms with Gasteiger partial charge < -0.3 is 10.1 Å². The Morgan fingerprint density at radius 2 is 1.71 bits per heavy atom. The van der Waals surface area contributed by atoms with E-state index < -0.39 is 16.7 Å². The van der Waals surface area contributed by atoms with Gasteiger partial charge in [-0.25, -0.2) is 4.79 Å². The zero-order valence-electron chi connectivity index (χ0n) is 12.8. The quantitative estimate of drug-likeness (QED) is 0.288. The summed E-state index contributed by atoms with van der Waals surface area (Å²) in [6.07, 6.45) is 2.48. The Hall–Kier alpha value is -3.48. The number of hydrogen-bond donors (Lipinski definition) is 1. The highest BCUT2D eigenvalue weighted by Gasteiger charge is 2.17. The summed E-state index contributed by atoms with van der Waals surface area (Å²) in [5.74, 6) is -1.04. The molecule has 2 aromatic rings. The Kier molecular flexibility index (Phi) is 5.40. The minimum absolute atomic E-state index is 0.0122. The molecule has 24 heavy (non-hydrogen) atoms. The molecule has 0 fully saturated rings. The van der Waals surface area contributed by atoms with Crippen LogP contribution in [0.15, 0.2) is 60.8 Å². The van der Waals surface area contributed by atoms with Gasteiger partial charge in [0, 0.05) is 18.3 Å². The zero-order valence-corrected chi connectivity index (χ0v) is 12.8. The number of para-hydroxylation sites is 2. The van der Waals surface area contributed by atoms with Gasteiger partial charge in [0.05, 0.1) is 28.8 Å². The van der Waals surface area contributed by atoms with E-state index in [0.717, 1.165) is 6.08 Å². The van der Waals surface area contributed by atoms with Crippen molar-refractivity contribution in [2.75, 3.05) is 12.4 Å². The predicted octanol–water partition coefficient (Wildman–Crippen LogP) is 3.19. The van der Waals surface area contributed by atoms with Crippen LogP contribution in [-0.2, 0) is 4.74 Å². The summed E-state index contributed by atoms with van der Waals surface area (Å²) in [5.41, 5.74) is 0.489. The van der Waals surface area contributed by atoms with E-state index in [1.807, 2.05) is 0 Å². The first-order chi connectivity index (χ1) is 11.5. The number of carbonyl (C=O) groups excluding carboxylic acids is 2. The molecule has 0 aromatic heterocycles. The summed E-state index contributed by atoms with van der Waals surface area (Å²) in [4.78, 5) is 34.1. The van der Waals surface area contributed by atoms with Crippen LogP contribution in [0, 0.1) is 10.1 Å². The average molecular weight is 326 g/mol. The smallest absolute Gasteiger partial charge is 0.339 e. The number of ether oxygens (including phenoxy) is 1. The van der Waals surface area contributed by atoms with Crippen molar-refractivity contribution in [3.8, 4) is 0 Å². The number of nitrogens with one attached hydrogen (secondary N) is 1. The summed E-state index contributed by atoms with van der Waals surface area (Å²) in [5, 5.41) is 13.7. The van der Waals surface area contributed by atoms with Gasteiger partial charge in [-0.15, -0.1) is 0 Å². The minimum Gasteiger partial charge on any atom is -0.465 e. The summed E-state index contributed by atoms with van der Waals surface area (Å²) in [6, 6.07) is 12.3. The summed E-state index contributed by atoms with van der Waals surface area (Å²) < 4.78 is 4.67. The molecule has 0 aliphatic carbocycles. The molecule has 2 aromatic carbocycles. The monoisotopic (exact) mass is 326 g/mol. The Morgan fingerprint density at radius 1 is 1.08 bits per heavy atom. The van der Waals surface area contributed by atoms with Crippen molar-refractivity contribution in [2.24, 2.45) is 0 Å². The molecular formula is C17H14N2O5. The fourth-order valence-corrected chi connectivity index (χ4v) is 2.04. The van der Waals surface area contributed by atoms with E-state index in [4.69, 9.17) is 0 Å². The van der Waals surface area contributed by atoms with Crippen molar-refractivity contribution in [1.29, 1.82) is 0 Å². The summed E-state index contributed by atoms with van der Waals surface area (Å²) >= 11 is 0. The van der Waals surface area contributed by atoms with E-state index in [1.165, 1.54) is 31.5 Å². The highest BCUT2D eigenvalue weighted by atomic mass is 16.6. The fraction of sp³-hybridized carbons (Fsp3) is 0.0588. The lowest BCUT2D eigenvalue weighted by Gasteiger charge is -2.06. The van der Waals surface area contributed by atoms with Gasteiger partial charge in [-0.3, -0.25) is 14.9 Å². The van der Waals surface area contributed by atoms with E-state index in [-0.39, 0.29) is 11.3 Å². The molecule has 0 aliphatic rings. The highest BCUT2D eigenvalue weighted by Crippen LogP contribution is 2.19. The zero-order chi connectivity index (χ0) is 17.5. The Morgan fingerprint density at radius 3 is 2.38 bits per heavy atom. The molecule has 1 N–H and O–H groups in total. The second kappa shape index (κ2) is 7.68. The number of nitrogens with zero attached hydrogens (tertiary/aromatic N) is 1. The van der Waals surface area contributed by atoms with E-state index in [1.54, 1.807) is 30.3 Å². The second-order valence-corrected chi connectivity index (χ2v) is 4.65. The molecule has 0 spiro atoms. The molecular weight excluding hydrogens is 312 g/mol. The van der Waals surface area contributed by atoms with Gasteiger partial charge in [-0.1, -0.05) is 24.3 Å². The lowest BCUT2D eigenvalue weighted by molar-refractivity contribution is -0.385. The summed E-state index contributed by atoms with van der Waals surface area (Å²) in [7, 11) is 1.27. The van der Waals surface area contributed by atoms with Crippen LogP contribution in [-0.4, -0.2) is 23.8 Å². The first-order valence-corrected chi connectivity index (χ1v) is 6.92. The minimum atomic E-state index is -0.610. The van der Waals surface area contributed by atoms with Crippen molar-refractivity contribution in [1.82, 2.24) is 0 Å². The number of rotatable bonds is 6. The van der Waals surface area contributed by atoms with Gasteiger partial charge in [0.1, 0.15) is 0 Å². The molecule has 2 rings (SSSR count). The van der Waals surface area contributed by atoms with Crippen molar-refractivity contribution in [3.63, 3.8) is 0 Å². The molecule has 0 unspecified atom stereocenters. The van der Waals surface area contributed by atoms with Crippen LogP contribution < -0.4 is 5.32 Å². The van der Waals surface area contributed by atoms with E-state index in [2.05, 4.69) is 10.1 Å². The van der Waals surface area contributed by atoms with Gasteiger partial charge in [0.25, 0.3) is 5.69 Å². The Labute approximate surface area is 137 Å². The molecule has 0 amide bonds. The topological polar surface area (TPSA) is 98.5 Å². The predicted molar refractivity (Wildman–Crippen MR) is 88.0 cm³/mol. The lowest BCUT2D eigenvalue weighted by Crippen LogP contribution is -2.05. The second-order valence-electron chi connectivity index (χ2n) is 4.65. The number of carbonyl (C=O) groups is 2. The fourth-order valence-electron chi connectivity index (χ4n) is 2.04. The van der Waals surface area contributed by atoms with Crippen LogP contribution in [0.1, 0.15) is 20.7 Å². The Bertz CT molecular complexity index is 814. The standard InChI is InChI=1S/C17H14N2O5/c1-24-17(21)12-6-2-4-8-14(12)18-11-10-16(20)13-7-3-5-9-15(13)19(22)23/h2-11,18H,1H3/b11-10-. The average Bonchev–Trinajstić information content (AvgIpc) is 2.61. The van der Waals surface area contributed by atoms with Crippen molar-refractivity contribution in [3.05, 3.63) is 82.0 Å². The normalized spacial score (nSPS) is 10.4.